The molecule has 3 heterocycles. The number of benzene rings is 1. The number of ketones is 1. The lowest BCUT2D eigenvalue weighted by Gasteiger charge is -2.23. The largest absolute Gasteiger partial charge is 0.507 e. The van der Waals surface area contributed by atoms with Crippen LogP contribution in [0, 0.1) is 12.7 Å². The number of aliphatic hydroxyl groups is 1. The van der Waals surface area contributed by atoms with Crippen molar-refractivity contribution in [2.75, 3.05) is 13.7 Å². The standard InChI is InChI=1S/C23H22FN3O5/c1-14-4-6-18(32-14)20-19(21(28)15-5-7-17(31-2)16(24)12-15)22(29)23(30)27(20)10-3-9-26-11-8-25-13-26/h4-8,11-13,20,28H,3,9-10H2,1-2H3/b21-19+. The minimum absolute atomic E-state index is 0.000266. The summed E-state index contributed by atoms with van der Waals surface area (Å²) in [5, 5.41) is 10.9. The second-order valence-electron chi connectivity index (χ2n) is 7.44. The van der Waals surface area contributed by atoms with Crippen LogP contribution in [-0.2, 0) is 16.1 Å². The van der Waals surface area contributed by atoms with Gasteiger partial charge >= 0.3 is 0 Å². The molecular formula is C23H22FN3O5. The Kier molecular flexibility index (Phi) is 5.81. The minimum atomic E-state index is -0.920. The van der Waals surface area contributed by atoms with Crippen molar-refractivity contribution in [1.82, 2.24) is 14.5 Å². The van der Waals surface area contributed by atoms with Crippen LogP contribution in [0.25, 0.3) is 5.76 Å². The molecule has 1 aromatic carbocycles. The highest BCUT2D eigenvalue weighted by atomic mass is 19.1. The Morgan fingerprint density at radius 3 is 2.69 bits per heavy atom. The van der Waals surface area contributed by atoms with Gasteiger partial charge < -0.3 is 23.7 Å². The van der Waals surface area contributed by atoms with Gasteiger partial charge in [-0.05, 0) is 43.7 Å². The fraction of sp³-hybridized carbons (Fsp3) is 0.261. The van der Waals surface area contributed by atoms with Crippen LogP contribution >= 0.6 is 0 Å². The van der Waals surface area contributed by atoms with Crippen LogP contribution in [0.4, 0.5) is 4.39 Å². The number of amides is 1. The number of likely N-dealkylation sites (tertiary alicyclic amines) is 1. The normalized spacial score (nSPS) is 17.8. The molecule has 1 amide bonds. The molecule has 32 heavy (non-hydrogen) atoms. The van der Waals surface area contributed by atoms with Crippen LogP contribution < -0.4 is 4.74 Å². The smallest absolute Gasteiger partial charge is 0.295 e. The molecule has 0 radical (unpaired) electrons. The highest BCUT2D eigenvalue weighted by molar-refractivity contribution is 6.46. The Labute approximate surface area is 183 Å². The molecule has 1 atom stereocenters. The van der Waals surface area contributed by atoms with Crippen LogP contribution in [-0.4, -0.2) is 44.9 Å². The average Bonchev–Trinajstić information content (AvgIpc) is 3.50. The molecule has 2 aromatic heterocycles. The Balaban J connectivity index is 1.72. The topological polar surface area (TPSA) is 97.8 Å². The van der Waals surface area contributed by atoms with Gasteiger partial charge in [-0.15, -0.1) is 0 Å². The zero-order valence-electron chi connectivity index (χ0n) is 17.6. The zero-order chi connectivity index (χ0) is 22.8. The second-order valence-corrected chi connectivity index (χ2v) is 7.44. The monoisotopic (exact) mass is 439 g/mol. The highest BCUT2D eigenvalue weighted by Gasteiger charge is 2.47. The van der Waals surface area contributed by atoms with Crippen molar-refractivity contribution in [1.29, 1.82) is 0 Å². The molecule has 0 spiro atoms. The number of halogens is 1. The van der Waals surface area contributed by atoms with Crippen molar-refractivity contribution in [2.45, 2.75) is 25.9 Å². The van der Waals surface area contributed by atoms with E-state index in [-0.39, 0.29) is 23.4 Å². The maximum Gasteiger partial charge on any atom is 0.295 e. The third-order valence-corrected chi connectivity index (χ3v) is 5.37. The van der Waals surface area contributed by atoms with Crippen LogP contribution in [0.5, 0.6) is 5.75 Å². The number of aromatic nitrogens is 2. The van der Waals surface area contributed by atoms with Gasteiger partial charge in [-0.3, -0.25) is 9.59 Å². The molecule has 8 nitrogen and oxygen atoms in total. The maximum absolute atomic E-state index is 14.2. The van der Waals surface area contributed by atoms with Crippen molar-refractivity contribution in [3.63, 3.8) is 0 Å². The van der Waals surface area contributed by atoms with Gasteiger partial charge in [-0.1, -0.05) is 0 Å². The summed E-state index contributed by atoms with van der Waals surface area (Å²) in [6.07, 6.45) is 5.68. The second kappa shape index (κ2) is 8.70. The number of ether oxygens (including phenoxy) is 1. The van der Waals surface area contributed by atoms with Gasteiger partial charge in [0.25, 0.3) is 11.7 Å². The number of imidazole rings is 1. The van der Waals surface area contributed by atoms with Gasteiger partial charge in [-0.2, -0.15) is 0 Å². The molecule has 1 aliphatic heterocycles. The molecule has 4 rings (SSSR count). The summed E-state index contributed by atoms with van der Waals surface area (Å²) in [5.74, 6) is -1.82. The lowest BCUT2D eigenvalue weighted by atomic mass is 9.99. The van der Waals surface area contributed by atoms with E-state index in [1.165, 1.54) is 24.1 Å². The fourth-order valence-electron chi connectivity index (χ4n) is 3.82. The van der Waals surface area contributed by atoms with Crippen molar-refractivity contribution in [3.8, 4) is 5.75 Å². The van der Waals surface area contributed by atoms with Crippen molar-refractivity contribution in [2.24, 2.45) is 0 Å². The van der Waals surface area contributed by atoms with E-state index in [0.717, 1.165) is 6.07 Å². The maximum atomic E-state index is 14.2. The van der Waals surface area contributed by atoms with Gasteiger partial charge in [0.05, 0.1) is 19.0 Å². The summed E-state index contributed by atoms with van der Waals surface area (Å²) in [6, 6.07) is 6.29. The fourth-order valence-corrected chi connectivity index (χ4v) is 3.82. The van der Waals surface area contributed by atoms with Crippen molar-refractivity contribution >= 4 is 17.4 Å². The number of aliphatic hydroxyl groups excluding tert-OH is 1. The van der Waals surface area contributed by atoms with E-state index < -0.39 is 29.3 Å². The average molecular weight is 439 g/mol. The minimum Gasteiger partial charge on any atom is -0.507 e. The van der Waals surface area contributed by atoms with Crippen molar-refractivity contribution in [3.05, 3.63) is 77.5 Å². The molecule has 9 heteroatoms. The van der Waals surface area contributed by atoms with E-state index in [1.54, 1.807) is 37.8 Å². The molecule has 166 valence electrons. The molecule has 1 unspecified atom stereocenters. The third-order valence-electron chi connectivity index (χ3n) is 5.37. The summed E-state index contributed by atoms with van der Waals surface area (Å²) in [7, 11) is 1.33. The number of carbonyl (C=O) groups excluding carboxylic acids is 2. The number of hydrogen-bond donors (Lipinski definition) is 1. The molecule has 1 saturated heterocycles. The molecule has 0 saturated carbocycles. The van der Waals surface area contributed by atoms with E-state index in [2.05, 4.69) is 4.98 Å². The van der Waals surface area contributed by atoms with Gasteiger partial charge in [0.1, 0.15) is 23.3 Å². The zero-order valence-corrected chi connectivity index (χ0v) is 17.6. The number of aryl methyl sites for hydroxylation is 2. The van der Waals surface area contributed by atoms with E-state index >= 15 is 0 Å². The number of carbonyl (C=O) groups is 2. The number of nitrogens with zero attached hydrogens (tertiary/aromatic N) is 3. The number of methoxy groups -OCH3 is 1. The Morgan fingerprint density at radius 1 is 1.25 bits per heavy atom. The first kappa shape index (κ1) is 21.4. The number of rotatable bonds is 7. The molecule has 1 fully saturated rings. The quantitative estimate of drug-likeness (QED) is 0.344. The van der Waals surface area contributed by atoms with Gasteiger partial charge in [-0.25, -0.2) is 9.37 Å². The van der Waals surface area contributed by atoms with E-state index in [1.807, 2.05) is 4.57 Å². The summed E-state index contributed by atoms with van der Waals surface area (Å²) in [4.78, 5) is 31.2. The van der Waals surface area contributed by atoms with Crippen LogP contribution in [0.2, 0.25) is 0 Å². The summed E-state index contributed by atoms with van der Waals surface area (Å²) in [6.45, 7) is 2.59. The van der Waals surface area contributed by atoms with Gasteiger partial charge in [0.2, 0.25) is 0 Å². The van der Waals surface area contributed by atoms with Crippen molar-refractivity contribution < 1.29 is 28.2 Å². The number of hydrogen-bond acceptors (Lipinski definition) is 6. The van der Waals surface area contributed by atoms with Crippen LogP contribution in [0.3, 0.4) is 0 Å². The van der Waals surface area contributed by atoms with E-state index in [9.17, 15) is 19.1 Å². The highest BCUT2D eigenvalue weighted by Crippen LogP contribution is 2.40. The number of Topliss-reactive ketones (excluding diaryl/α,β-unsaturated/α-hetero) is 1. The summed E-state index contributed by atoms with van der Waals surface area (Å²) < 4.78 is 26.7. The summed E-state index contributed by atoms with van der Waals surface area (Å²) in [5.41, 5.74) is -0.0791. The first-order valence-electron chi connectivity index (χ1n) is 10.0. The molecule has 3 aromatic rings. The Bertz CT molecular complexity index is 1180. The van der Waals surface area contributed by atoms with E-state index in [0.29, 0.717) is 24.5 Å². The summed E-state index contributed by atoms with van der Waals surface area (Å²) >= 11 is 0. The predicted octanol–water partition coefficient (Wildman–Crippen LogP) is 3.44. The third kappa shape index (κ3) is 3.89. The molecule has 1 aliphatic rings. The Morgan fingerprint density at radius 2 is 2.06 bits per heavy atom. The molecule has 0 aliphatic carbocycles. The lowest BCUT2D eigenvalue weighted by molar-refractivity contribution is -0.140. The van der Waals surface area contributed by atoms with Gasteiger partial charge in [0.15, 0.2) is 11.6 Å². The number of furan rings is 1. The van der Waals surface area contributed by atoms with Crippen LogP contribution in [0.1, 0.15) is 29.5 Å². The van der Waals surface area contributed by atoms with E-state index in [4.69, 9.17) is 9.15 Å². The molecule has 0 bridgehead atoms. The van der Waals surface area contributed by atoms with Crippen LogP contribution in [0.15, 0.2) is 59.0 Å². The predicted molar refractivity (Wildman–Crippen MR) is 112 cm³/mol. The SMILES string of the molecule is COc1ccc(/C(O)=C2\C(=O)C(=O)N(CCCn3ccnc3)C2c2ccc(C)o2)cc1F. The molecule has 1 N–H and O–H groups in total. The first-order chi connectivity index (χ1) is 15.4. The Hall–Kier alpha value is -3.88. The van der Waals surface area contributed by atoms with Gasteiger partial charge in [0, 0.05) is 31.0 Å². The first-order valence-corrected chi connectivity index (χ1v) is 10.0. The molecular weight excluding hydrogens is 417 g/mol. The lowest BCUT2D eigenvalue weighted by Crippen LogP contribution is -2.31.